The number of halogens is 2. The van der Waals surface area contributed by atoms with Gasteiger partial charge < -0.3 is 19.1 Å². The van der Waals surface area contributed by atoms with Crippen LogP contribution >= 0.6 is 11.8 Å². The first-order valence-electron chi connectivity index (χ1n) is 11.2. The minimum Gasteiger partial charge on any atom is -0.493 e. The van der Waals surface area contributed by atoms with Crippen molar-refractivity contribution in [3.05, 3.63) is 63.7 Å². The lowest BCUT2D eigenvalue weighted by Crippen LogP contribution is -2.43. The summed E-state index contributed by atoms with van der Waals surface area (Å²) in [6.45, 7) is 3.15. The molecule has 0 spiro atoms. The standard InChI is InChI=1S/C24H28F2N2O6S/c1-4-33-23(35-5-2)19-13-24(25,26)15-27(19)22(29)17-11-20(32-3)21(12-18(17)28(30)31)34-14-16-9-7-6-8-10-16/h6-12,19,23H,4-5,13-15H2,1-3H3/t19-,23?/m0/s1. The van der Waals surface area contributed by atoms with Crippen molar-refractivity contribution in [1.82, 2.24) is 4.90 Å². The van der Waals surface area contributed by atoms with Gasteiger partial charge in [0.25, 0.3) is 17.5 Å². The normalized spacial score (nSPS) is 17.7. The van der Waals surface area contributed by atoms with Gasteiger partial charge >= 0.3 is 0 Å². The summed E-state index contributed by atoms with van der Waals surface area (Å²) in [7, 11) is 1.33. The average molecular weight is 511 g/mol. The van der Waals surface area contributed by atoms with Gasteiger partial charge in [-0.05, 0) is 18.2 Å². The van der Waals surface area contributed by atoms with Crippen molar-refractivity contribution in [2.75, 3.05) is 26.0 Å². The fraction of sp³-hybridized carbons (Fsp3) is 0.458. The molecular weight excluding hydrogens is 482 g/mol. The van der Waals surface area contributed by atoms with Crippen molar-refractivity contribution in [1.29, 1.82) is 0 Å². The monoisotopic (exact) mass is 510 g/mol. The molecule has 35 heavy (non-hydrogen) atoms. The number of ether oxygens (including phenoxy) is 3. The Labute approximate surface area is 206 Å². The van der Waals surface area contributed by atoms with Crippen molar-refractivity contribution in [3.8, 4) is 11.5 Å². The number of likely N-dealkylation sites (tertiary alicyclic amines) is 1. The topological polar surface area (TPSA) is 91.1 Å². The van der Waals surface area contributed by atoms with E-state index in [0.29, 0.717) is 5.75 Å². The van der Waals surface area contributed by atoms with Gasteiger partial charge in [-0.3, -0.25) is 14.9 Å². The zero-order valence-corrected chi connectivity index (χ0v) is 20.6. The number of thioether (sulfide) groups is 1. The van der Waals surface area contributed by atoms with Gasteiger partial charge in [0.15, 0.2) is 11.5 Å². The molecule has 1 amide bonds. The Morgan fingerprint density at radius 3 is 2.57 bits per heavy atom. The molecule has 0 aliphatic carbocycles. The lowest BCUT2D eigenvalue weighted by atomic mass is 10.1. The average Bonchev–Trinajstić information content (AvgIpc) is 3.17. The van der Waals surface area contributed by atoms with Crippen LogP contribution in [0.5, 0.6) is 11.5 Å². The number of hydrogen-bond acceptors (Lipinski definition) is 7. The van der Waals surface area contributed by atoms with E-state index < -0.39 is 46.9 Å². The van der Waals surface area contributed by atoms with Crippen LogP contribution in [0.1, 0.15) is 36.2 Å². The van der Waals surface area contributed by atoms with E-state index in [1.807, 2.05) is 37.3 Å². The van der Waals surface area contributed by atoms with Crippen LogP contribution in [0, 0.1) is 10.1 Å². The van der Waals surface area contributed by atoms with Crippen LogP contribution in [-0.2, 0) is 11.3 Å². The zero-order chi connectivity index (χ0) is 25.6. The van der Waals surface area contributed by atoms with Crippen LogP contribution in [-0.4, -0.2) is 59.1 Å². The minimum atomic E-state index is -3.14. The molecule has 0 N–H and O–H groups in total. The molecule has 11 heteroatoms. The summed E-state index contributed by atoms with van der Waals surface area (Å²) in [5.41, 5.74) is -0.756. The van der Waals surface area contributed by atoms with Crippen molar-refractivity contribution in [3.63, 3.8) is 0 Å². The molecule has 1 fully saturated rings. The predicted octanol–water partition coefficient (Wildman–Crippen LogP) is 5.15. The fourth-order valence-corrected chi connectivity index (χ4v) is 4.97. The van der Waals surface area contributed by atoms with E-state index in [1.54, 1.807) is 6.92 Å². The van der Waals surface area contributed by atoms with Crippen LogP contribution in [0.2, 0.25) is 0 Å². The van der Waals surface area contributed by atoms with Gasteiger partial charge in [0.05, 0.1) is 30.7 Å². The molecule has 190 valence electrons. The fourth-order valence-electron chi connectivity index (χ4n) is 3.95. The lowest BCUT2D eigenvalue weighted by molar-refractivity contribution is -0.385. The van der Waals surface area contributed by atoms with Crippen molar-refractivity contribution in [2.45, 2.75) is 44.3 Å². The quantitative estimate of drug-likeness (QED) is 0.235. The van der Waals surface area contributed by atoms with Crippen LogP contribution in [0.15, 0.2) is 42.5 Å². The van der Waals surface area contributed by atoms with Gasteiger partial charge in [-0.15, -0.1) is 11.8 Å². The summed E-state index contributed by atoms with van der Waals surface area (Å²) in [6, 6.07) is 10.5. The summed E-state index contributed by atoms with van der Waals surface area (Å²) in [4.78, 5) is 25.6. The third kappa shape index (κ3) is 6.40. The third-order valence-electron chi connectivity index (χ3n) is 5.49. The Hall–Kier alpha value is -2.92. The number of nitro groups is 1. The number of benzene rings is 2. The van der Waals surface area contributed by atoms with E-state index >= 15 is 0 Å². The highest BCUT2D eigenvalue weighted by Crippen LogP contribution is 2.41. The molecule has 0 aromatic heterocycles. The Kier molecular flexibility index (Phi) is 8.90. The second-order valence-corrected chi connectivity index (χ2v) is 9.27. The van der Waals surface area contributed by atoms with Gasteiger partial charge in [0.1, 0.15) is 17.6 Å². The molecule has 0 saturated carbocycles. The number of rotatable bonds is 11. The molecule has 1 aliphatic heterocycles. The van der Waals surface area contributed by atoms with Gasteiger partial charge in [-0.2, -0.15) is 0 Å². The SMILES string of the molecule is CCOC(SCC)[C@@H]1CC(F)(F)CN1C(=O)c1cc(OC)c(OCc2ccccc2)cc1[N+](=O)[O-]. The van der Waals surface area contributed by atoms with E-state index in [1.165, 1.54) is 24.9 Å². The summed E-state index contributed by atoms with van der Waals surface area (Å²) in [5, 5.41) is 11.9. The van der Waals surface area contributed by atoms with Gasteiger partial charge in [-0.1, -0.05) is 37.3 Å². The molecule has 1 heterocycles. The number of nitro benzene ring substituents is 1. The molecule has 8 nitrogen and oxygen atoms in total. The molecule has 1 saturated heterocycles. The third-order valence-corrected chi connectivity index (χ3v) is 6.61. The number of carbonyl (C=O) groups is 1. The first kappa shape index (κ1) is 26.7. The molecule has 0 bridgehead atoms. The number of methoxy groups -OCH3 is 1. The number of amides is 1. The highest BCUT2D eigenvalue weighted by atomic mass is 32.2. The van der Waals surface area contributed by atoms with E-state index in [2.05, 4.69) is 0 Å². The summed E-state index contributed by atoms with van der Waals surface area (Å²) in [5.74, 6) is -3.27. The lowest BCUT2D eigenvalue weighted by Gasteiger charge is -2.30. The maximum atomic E-state index is 14.5. The van der Waals surface area contributed by atoms with E-state index in [-0.39, 0.29) is 30.3 Å². The van der Waals surface area contributed by atoms with Crippen molar-refractivity contribution < 1.29 is 32.7 Å². The summed E-state index contributed by atoms with van der Waals surface area (Å²) < 4.78 is 45.6. The van der Waals surface area contributed by atoms with Gasteiger partial charge in [0.2, 0.25) is 0 Å². The number of hydrogen-bond donors (Lipinski definition) is 0. The summed E-state index contributed by atoms with van der Waals surface area (Å²) in [6.07, 6.45) is -0.584. The maximum absolute atomic E-state index is 14.5. The van der Waals surface area contributed by atoms with E-state index in [0.717, 1.165) is 16.5 Å². The summed E-state index contributed by atoms with van der Waals surface area (Å²) >= 11 is 1.31. The van der Waals surface area contributed by atoms with E-state index in [4.69, 9.17) is 14.2 Å². The predicted molar refractivity (Wildman–Crippen MR) is 128 cm³/mol. The molecule has 1 unspecified atom stereocenters. The number of nitrogens with zero attached hydrogens (tertiary/aromatic N) is 2. The van der Waals surface area contributed by atoms with Crippen LogP contribution in [0.3, 0.4) is 0 Å². The molecular formula is C24H28F2N2O6S. The first-order valence-corrected chi connectivity index (χ1v) is 12.2. The van der Waals surface area contributed by atoms with Gasteiger partial charge in [0, 0.05) is 19.1 Å². The van der Waals surface area contributed by atoms with Crippen LogP contribution in [0.25, 0.3) is 0 Å². The zero-order valence-electron chi connectivity index (χ0n) is 19.7. The molecule has 2 aromatic carbocycles. The van der Waals surface area contributed by atoms with Gasteiger partial charge in [-0.25, -0.2) is 8.78 Å². The smallest absolute Gasteiger partial charge is 0.286 e. The minimum absolute atomic E-state index is 0.0663. The van der Waals surface area contributed by atoms with Crippen molar-refractivity contribution >= 4 is 23.4 Å². The first-order chi connectivity index (χ1) is 16.7. The molecule has 2 aromatic rings. The van der Waals surface area contributed by atoms with E-state index in [9.17, 15) is 23.7 Å². The Morgan fingerprint density at radius 2 is 1.97 bits per heavy atom. The van der Waals surface area contributed by atoms with Crippen LogP contribution in [0.4, 0.5) is 14.5 Å². The highest BCUT2D eigenvalue weighted by Gasteiger charge is 2.51. The highest BCUT2D eigenvalue weighted by molar-refractivity contribution is 7.99. The van der Waals surface area contributed by atoms with Crippen LogP contribution < -0.4 is 9.47 Å². The van der Waals surface area contributed by atoms with Crippen molar-refractivity contribution in [2.24, 2.45) is 0 Å². The molecule has 0 radical (unpaired) electrons. The number of carbonyl (C=O) groups excluding carboxylic acids is 1. The second-order valence-electron chi connectivity index (χ2n) is 7.89. The second kappa shape index (κ2) is 11.7. The largest absolute Gasteiger partial charge is 0.493 e. The number of alkyl halides is 2. The molecule has 1 aliphatic rings. The Bertz CT molecular complexity index is 1030. The Morgan fingerprint density at radius 1 is 1.26 bits per heavy atom. The maximum Gasteiger partial charge on any atom is 0.286 e. The molecule has 3 rings (SSSR count). The molecule has 2 atom stereocenters. The Balaban J connectivity index is 1.96.